The summed E-state index contributed by atoms with van der Waals surface area (Å²) in [7, 11) is 0. The largest absolute Gasteiger partial charge is 0.484 e. The first-order valence-corrected chi connectivity index (χ1v) is 6.89. The minimum absolute atomic E-state index is 0.0876. The van der Waals surface area contributed by atoms with Crippen LogP contribution in [0.1, 0.15) is 12.0 Å². The molecule has 0 atom stereocenters. The molecule has 0 spiro atoms. The van der Waals surface area contributed by atoms with Crippen LogP contribution in [0.15, 0.2) is 36.7 Å². The Balaban J connectivity index is 1.43. The van der Waals surface area contributed by atoms with Gasteiger partial charge in [0.05, 0.1) is 19.3 Å². The SMILES string of the molecule is O=C(CCc1cn[nH]c1)N1CC(Oc2ccccc2F)C1. The first kappa shape index (κ1) is 13.6. The van der Waals surface area contributed by atoms with Crippen molar-refractivity contribution < 1.29 is 13.9 Å². The molecular formula is C15H16FN3O2. The molecule has 1 aliphatic heterocycles. The van der Waals surface area contributed by atoms with E-state index in [9.17, 15) is 9.18 Å². The van der Waals surface area contributed by atoms with Crippen LogP contribution in [0.4, 0.5) is 4.39 Å². The molecule has 2 heterocycles. The van der Waals surface area contributed by atoms with Gasteiger partial charge in [0, 0.05) is 12.6 Å². The maximum Gasteiger partial charge on any atom is 0.223 e. The van der Waals surface area contributed by atoms with Gasteiger partial charge in [-0.25, -0.2) is 4.39 Å². The molecule has 5 nitrogen and oxygen atoms in total. The van der Waals surface area contributed by atoms with Crippen molar-refractivity contribution in [1.29, 1.82) is 0 Å². The van der Waals surface area contributed by atoms with Crippen molar-refractivity contribution in [2.24, 2.45) is 0 Å². The normalized spacial score (nSPS) is 14.8. The van der Waals surface area contributed by atoms with Crippen LogP contribution >= 0.6 is 0 Å². The highest BCUT2D eigenvalue weighted by molar-refractivity contribution is 5.77. The Morgan fingerprint density at radius 1 is 1.43 bits per heavy atom. The monoisotopic (exact) mass is 289 g/mol. The maximum atomic E-state index is 13.4. The van der Waals surface area contributed by atoms with Gasteiger partial charge in [-0.1, -0.05) is 12.1 Å². The van der Waals surface area contributed by atoms with Gasteiger partial charge in [0.1, 0.15) is 6.10 Å². The van der Waals surface area contributed by atoms with Gasteiger partial charge in [0.15, 0.2) is 11.6 Å². The molecule has 3 rings (SSSR count). The van der Waals surface area contributed by atoms with Gasteiger partial charge in [0.2, 0.25) is 5.91 Å². The number of hydrogen-bond donors (Lipinski definition) is 1. The molecule has 1 aliphatic rings. The second-order valence-corrected chi connectivity index (χ2v) is 5.08. The Morgan fingerprint density at radius 3 is 2.95 bits per heavy atom. The standard InChI is InChI=1S/C15H16FN3O2/c16-13-3-1-2-4-14(13)21-12-9-19(10-12)15(20)6-5-11-7-17-18-8-11/h1-4,7-8,12H,5-6,9-10H2,(H,17,18). The highest BCUT2D eigenvalue weighted by Crippen LogP contribution is 2.21. The number of aromatic amines is 1. The van der Waals surface area contributed by atoms with Crippen LogP contribution in [-0.2, 0) is 11.2 Å². The molecule has 1 N–H and O–H groups in total. The number of para-hydroxylation sites is 1. The lowest BCUT2D eigenvalue weighted by Gasteiger charge is -2.39. The van der Waals surface area contributed by atoms with E-state index in [0.29, 0.717) is 25.9 Å². The fourth-order valence-corrected chi connectivity index (χ4v) is 2.26. The molecule has 1 aromatic heterocycles. The fourth-order valence-electron chi connectivity index (χ4n) is 2.26. The molecule has 1 saturated heterocycles. The number of H-pyrrole nitrogens is 1. The van der Waals surface area contributed by atoms with Crippen LogP contribution in [0.25, 0.3) is 0 Å². The second-order valence-electron chi connectivity index (χ2n) is 5.08. The zero-order valence-electron chi connectivity index (χ0n) is 11.5. The van der Waals surface area contributed by atoms with E-state index in [2.05, 4.69) is 10.2 Å². The van der Waals surface area contributed by atoms with Gasteiger partial charge in [-0.15, -0.1) is 0 Å². The van der Waals surface area contributed by atoms with Gasteiger partial charge < -0.3 is 9.64 Å². The van der Waals surface area contributed by atoms with Crippen molar-refractivity contribution in [2.75, 3.05) is 13.1 Å². The third kappa shape index (κ3) is 3.21. The van der Waals surface area contributed by atoms with Crippen LogP contribution < -0.4 is 4.74 Å². The summed E-state index contributed by atoms with van der Waals surface area (Å²) in [5, 5.41) is 6.56. The summed E-state index contributed by atoms with van der Waals surface area (Å²) in [6, 6.07) is 6.31. The molecule has 1 amide bonds. The van der Waals surface area contributed by atoms with Crippen molar-refractivity contribution in [3.63, 3.8) is 0 Å². The van der Waals surface area contributed by atoms with Gasteiger partial charge in [-0.3, -0.25) is 9.89 Å². The molecule has 2 aromatic rings. The summed E-state index contributed by atoms with van der Waals surface area (Å²) in [5.74, 6) is -0.0418. The molecule has 0 aliphatic carbocycles. The molecule has 0 saturated carbocycles. The van der Waals surface area contributed by atoms with Gasteiger partial charge in [-0.2, -0.15) is 5.10 Å². The quantitative estimate of drug-likeness (QED) is 0.912. The third-order valence-corrected chi connectivity index (χ3v) is 3.51. The molecule has 0 unspecified atom stereocenters. The molecule has 6 heteroatoms. The number of nitrogens with one attached hydrogen (secondary N) is 1. The highest BCUT2D eigenvalue weighted by Gasteiger charge is 2.32. The Hall–Kier alpha value is -2.37. The number of aryl methyl sites for hydroxylation is 1. The van der Waals surface area contributed by atoms with Gasteiger partial charge in [0.25, 0.3) is 0 Å². The third-order valence-electron chi connectivity index (χ3n) is 3.51. The average Bonchev–Trinajstić information content (AvgIpc) is 2.95. The summed E-state index contributed by atoms with van der Waals surface area (Å²) in [6.07, 6.45) is 4.50. The zero-order chi connectivity index (χ0) is 14.7. The lowest BCUT2D eigenvalue weighted by atomic mass is 10.1. The molecule has 0 radical (unpaired) electrons. The second kappa shape index (κ2) is 5.95. The average molecular weight is 289 g/mol. The van der Waals surface area contributed by atoms with E-state index in [1.807, 2.05) is 0 Å². The van der Waals surface area contributed by atoms with Crippen LogP contribution in [0.5, 0.6) is 5.75 Å². The lowest BCUT2D eigenvalue weighted by Crippen LogP contribution is -2.56. The first-order chi connectivity index (χ1) is 10.2. The number of rotatable bonds is 5. The number of halogens is 1. The maximum absolute atomic E-state index is 13.4. The van der Waals surface area contributed by atoms with Crippen LogP contribution in [0, 0.1) is 5.82 Å². The minimum Gasteiger partial charge on any atom is -0.484 e. The highest BCUT2D eigenvalue weighted by atomic mass is 19.1. The van der Waals surface area contributed by atoms with Crippen LogP contribution in [-0.4, -0.2) is 40.2 Å². The molecule has 0 bridgehead atoms. The summed E-state index contributed by atoms with van der Waals surface area (Å²) >= 11 is 0. The Labute approximate surface area is 121 Å². The number of likely N-dealkylation sites (tertiary alicyclic amines) is 1. The van der Waals surface area contributed by atoms with E-state index in [1.165, 1.54) is 6.07 Å². The van der Waals surface area contributed by atoms with E-state index in [-0.39, 0.29) is 23.6 Å². The van der Waals surface area contributed by atoms with Crippen LogP contribution in [0.3, 0.4) is 0 Å². The van der Waals surface area contributed by atoms with Gasteiger partial charge in [-0.05, 0) is 24.1 Å². The first-order valence-electron chi connectivity index (χ1n) is 6.89. The predicted molar refractivity (Wildman–Crippen MR) is 74.3 cm³/mol. The number of carbonyl (C=O) groups excluding carboxylic acids is 1. The molecule has 21 heavy (non-hydrogen) atoms. The van der Waals surface area contributed by atoms with Crippen molar-refractivity contribution in [1.82, 2.24) is 15.1 Å². The van der Waals surface area contributed by atoms with E-state index in [1.54, 1.807) is 35.5 Å². The number of benzene rings is 1. The van der Waals surface area contributed by atoms with E-state index in [0.717, 1.165) is 5.56 Å². The van der Waals surface area contributed by atoms with Crippen molar-refractivity contribution in [3.05, 3.63) is 48.0 Å². The number of aromatic nitrogens is 2. The predicted octanol–water partition coefficient (Wildman–Crippen LogP) is 1.77. The number of amides is 1. The minimum atomic E-state index is -0.373. The Kier molecular flexibility index (Phi) is 3.85. The van der Waals surface area contributed by atoms with Crippen molar-refractivity contribution in [3.8, 4) is 5.75 Å². The topological polar surface area (TPSA) is 58.2 Å². The smallest absolute Gasteiger partial charge is 0.223 e. The molecule has 110 valence electrons. The molecule has 1 aromatic carbocycles. The summed E-state index contributed by atoms with van der Waals surface area (Å²) < 4.78 is 19.0. The summed E-state index contributed by atoms with van der Waals surface area (Å²) in [5.41, 5.74) is 1.02. The van der Waals surface area contributed by atoms with Crippen LogP contribution in [0.2, 0.25) is 0 Å². The van der Waals surface area contributed by atoms with E-state index in [4.69, 9.17) is 4.74 Å². The Morgan fingerprint density at radius 2 is 2.24 bits per heavy atom. The molecule has 1 fully saturated rings. The van der Waals surface area contributed by atoms with E-state index < -0.39 is 0 Å². The van der Waals surface area contributed by atoms with Gasteiger partial charge >= 0.3 is 0 Å². The van der Waals surface area contributed by atoms with Crippen molar-refractivity contribution in [2.45, 2.75) is 18.9 Å². The Bertz CT molecular complexity index is 609. The number of ether oxygens (including phenoxy) is 1. The fraction of sp³-hybridized carbons (Fsp3) is 0.333. The summed E-state index contributed by atoms with van der Waals surface area (Å²) in [4.78, 5) is 13.7. The number of carbonyl (C=O) groups is 1. The number of hydrogen-bond acceptors (Lipinski definition) is 3. The van der Waals surface area contributed by atoms with E-state index >= 15 is 0 Å². The molecular weight excluding hydrogens is 273 g/mol. The summed E-state index contributed by atoms with van der Waals surface area (Å²) in [6.45, 7) is 1.02. The lowest BCUT2D eigenvalue weighted by molar-refractivity contribution is -0.140. The number of nitrogens with zero attached hydrogens (tertiary/aromatic N) is 2. The van der Waals surface area contributed by atoms with Crippen molar-refractivity contribution >= 4 is 5.91 Å². The zero-order valence-corrected chi connectivity index (χ0v) is 11.5.